The van der Waals surface area contributed by atoms with Crippen LogP contribution in [0.3, 0.4) is 0 Å². The van der Waals surface area contributed by atoms with Crippen molar-refractivity contribution in [3.8, 4) is 5.75 Å². The Hall–Kier alpha value is -3.81. The number of hydrogen-bond donors (Lipinski definition) is 1. The molecule has 2 aliphatic rings. The fourth-order valence-corrected chi connectivity index (χ4v) is 5.79. The van der Waals surface area contributed by atoms with Crippen molar-refractivity contribution in [3.63, 3.8) is 0 Å². The van der Waals surface area contributed by atoms with Crippen LogP contribution in [0.2, 0.25) is 0 Å². The number of carbonyl (C=O) groups is 2. The molecule has 1 unspecified atom stereocenters. The third kappa shape index (κ3) is 4.56. The highest BCUT2D eigenvalue weighted by Gasteiger charge is 2.35. The van der Waals surface area contributed by atoms with Gasteiger partial charge in [-0.05, 0) is 76.3 Å². The zero-order valence-electron chi connectivity index (χ0n) is 21.5. The Morgan fingerprint density at radius 3 is 2.59 bits per heavy atom. The molecule has 0 spiro atoms. The maximum absolute atomic E-state index is 12.6. The summed E-state index contributed by atoms with van der Waals surface area (Å²) in [5.74, 6) is 0.856. The minimum absolute atomic E-state index is 0.0149. The summed E-state index contributed by atoms with van der Waals surface area (Å²) in [7, 11) is 1.40. The van der Waals surface area contributed by atoms with E-state index in [1.54, 1.807) is 4.90 Å². The molecule has 8 nitrogen and oxygen atoms in total. The number of carbonyl (C=O) groups excluding carboxylic acids is 1. The lowest BCUT2D eigenvalue weighted by molar-refractivity contribution is -0.143. The lowest BCUT2D eigenvalue weighted by atomic mass is 9.85. The van der Waals surface area contributed by atoms with Crippen LogP contribution in [0.1, 0.15) is 63.4 Å². The molecular formula is C29H33N3O5. The third-order valence-electron chi connectivity index (χ3n) is 7.64. The maximum atomic E-state index is 12.6. The minimum atomic E-state index is -0.748. The molecule has 2 aromatic carbocycles. The van der Waals surface area contributed by atoms with E-state index in [9.17, 15) is 14.7 Å². The van der Waals surface area contributed by atoms with Gasteiger partial charge in [0.2, 0.25) is 0 Å². The van der Waals surface area contributed by atoms with Crippen LogP contribution in [0.25, 0.3) is 16.8 Å². The number of aryl methyl sites for hydroxylation is 1. The number of benzene rings is 2. The second kappa shape index (κ2) is 10.3. The maximum Gasteiger partial charge on any atom is 0.414 e. The van der Waals surface area contributed by atoms with Crippen molar-refractivity contribution in [2.75, 3.05) is 12.0 Å². The van der Waals surface area contributed by atoms with Gasteiger partial charge < -0.3 is 19.1 Å². The Kier molecular flexibility index (Phi) is 6.91. The zero-order valence-corrected chi connectivity index (χ0v) is 21.5. The number of anilines is 1. The van der Waals surface area contributed by atoms with Gasteiger partial charge in [-0.1, -0.05) is 24.6 Å². The number of aliphatic carboxylic acids is 1. The number of ether oxygens (including phenoxy) is 2. The van der Waals surface area contributed by atoms with Crippen LogP contribution in [-0.2, 0) is 16.0 Å². The number of allylic oxidation sites excluding steroid dienone is 1. The molecule has 1 aromatic heterocycles. The first-order valence-electron chi connectivity index (χ1n) is 13.0. The van der Waals surface area contributed by atoms with Crippen LogP contribution in [0.4, 0.5) is 10.5 Å². The van der Waals surface area contributed by atoms with Gasteiger partial charge in [0, 0.05) is 17.6 Å². The van der Waals surface area contributed by atoms with E-state index in [-0.39, 0.29) is 24.1 Å². The van der Waals surface area contributed by atoms with Crippen molar-refractivity contribution in [2.24, 2.45) is 5.92 Å². The Labute approximate surface area is 216 Å². The Morgan fingerprint density at radius 2 is 1.89 bits per heavy atom. The highest BCUT2D eigenvalue weighted by molar-refractivity contribution is 5.96. The second-order valence-corrected chi connectivity index (χ2v) is 9.89. The van der Waals surface area contributed by atoms with Crippen molar-refractivity contribution < 1.29 is 24.2 Å². The molecule has 1 N–H and O–H groups in total. The van der Waals surface area contributed by atoms with Gasteiger partial charge in [-0.15, -0.1) is 0 Å². The first-order chi connectivity index (χ1) is 17.9. The molecule has 1 aliphatic heterocycles. The van der Waals surface area contributed by atoms with Crippen molar-refractivity contribution in [1.82, 2.24) is 9.55 Å². The molecule has 3 aromatic rings. The van der Waals surface area contributed by atoms with E-state index < -0.39 is 5.97 Å². The summed E-state index contributed by atoms with van der Waals surface area (Å²) < 4.78 is 13.6. The monoisotopic (exact) mass is 503 g/mol. The molecule has 1 aliphatic carbocycles. The topological polar surface area (TPSA) is 93.9 Å². The van der Waals surface area contributed by atoms with E-state index in [4.69, 9.17) is 14.5 Å². The molecule has 5 rings (SSSR count). The number of nitrogens with zero attached hydrogens (tertiary/aromatic N) is 3. The van der Waals surface area contributed by atoms with E-state index >= 15 is 0 Å². The molecule has 2 heterocycles. The van der Waals surface area contributed by atoms with Crippen molar-refractivity contribution in [2.45, 2.75) is 64.5 Å². The van der Waals surface area contributed by atoms with E-state index in [1.807, 2.05) is 62.4 Å². The predicted octanol–water partition coefficient (Wildman–Crippen LogP) is 6.20. The van der Waals surface area contributed by atoms with E-state index in [0.717, 1.165) is 48.0 Å². The smallest absolute Gasteiger partial charge is 0.414 e. The summed E-state index contributed by atoms with van der Waals surface area (Å²) in [5.41, 5.74) is 3.57. The number of carboxylic acids is 1. The molecule has 194 valence electrons. The van der Waals surface area contributed by atoms with Crippen LogP contribution in [0, 0.1) is 5.92 Å². The average Bonchev–Trinajstić information content (AvgIpc) is 3.31. The number of imidazole rings is 1. The third-order valence-corrected chi connectivity index (χ3v) is 7.64. The lowest BCUT2D eigenvalue weighted by Gasteiger charge is -2.34. The van der Waals surface area contributed by atoms with Gasteiger partial charge in [0.05, 0.1) is 29.7 Å². The van der Waals surface area contributed by atoms with Gasteiger partial charge in [0.25, 0.3) is 0 Å². The largest absolute Gasteiger partial charge is 0.481 e. The standard InChI is InChI=1S/C29H33N3O5/c1-4-25(37-21-11-6-5-7-12-21)27-30-26-22-14-13-18(2)31(29(35)36-3)23(22)15-16-24(26)32(27)20-10-8-9-19(17-20)28(33)34/h4-7,11-12,15-16,18-20H,8-10,13-14,17H2,1-3H3,(H,33,34)/b25-4-/t18?,19-,20-/m1/s1. The van der Waals surface area contributed by atoms with Crippen LogP contribution < -0.4 is 9.64 Å². The highest BCUT2D eigenvalue weighted by atomic mass is 16.5. The number of para-hydroxylation sites is 1. The fourth-order valence-electron chi connectivity index (χ4n) is 5.79. The first kappa shape index (κ1) is 24.9. The molecule has 3 atom stereocenters. The Morgan fingerprint density at radius 1 is 1.11 bits per heavy atom. The summed E-state index contributed by atoms with van der Waals surface area (Å²) in [6.45, 7) is 3.94. The number of fused-ring (bicyclic) bond motifs is 3. The van der Waals surface area contributed by atoms with Crippen molar-refractivity contribution in [3.05, 3.63) is 59.9 Å². The van der Waals surface area contributed by atoms with Crippen LogP contribution in [-0.4, -0.2) is 39.9 Å². The van der Waals surface area contributed by atoms with Crippen LogP contribution in [0.5, 0.6) is 5.75 Å². The first-order valence-corrected chi connectivity index (χ1v) is 13.0. The molecule has 0 radical (unpaired) electrons. The number of rotatable bonds is 5. The minimum Gasteiger partial charge on any atom is -0.481 e. The zero-order chi connectivity index (χ0) is 26.1. The van der Waals surface area contributed by atoms with Crippen molar-refractivity contribution >= 4 is 34.5 Å². The van der Waals surface area contributed by atoms with Crippen LogP contribution in [0.15, 0.2) is 48.5 Å². The number of aromatic nitrogens is 2. The van der Waals surface area contributed by atoms with Gasteiger partial charge in [0.15, 0.2) is 11.6 Å². The predicted molar refractivity (Wildman–Crippen MR) is 142 cm³/mol. The average molecular weight is 504 g/mol. The molecule has 1 amide bonds. The summed E-state index contributed by atoms with van der Waals surface area (Å²) in [6, 6.07) is 13.5. The molecule has 0 saturated heterocycles. The van der Waals surface area contributed by atoms with E-state index in [0.29, 0.717) is 30.2 Å². The van der Waals surface area contributed by atoms with E-state index in [2.05, 4.69) is 4.57 Å². The van der Waals surface area contributed by atoms with Gasteiger partial charge in [-0.2, -0.15) is 0 Å². The highest BCUT2D eigenvalue weighted by Crippen LogP contribution is 2.41. The Balaban J connectivity index is 1.68. The summed E-state index contributed by atoms with van der Waals surface area (Å²) in [4.78, 5) is 31.4. The number of carboxylic acid groups (broad SMARTS) is 1. The Bertz CT molecular complexity index is 1350. The number of hydrogen-bond acceptors (Lipinski definition) is 5. The molecule has 1 fully saturated rings. The van der Waals surface area contributed by atoms with Gasteiger partial charge in [0.1, 0.15) is 5.75 Å². The second-order valence-electron chi connectivity index (χ2n) is 9.89. The lowest BCUT2D eigenvalue weighted by Crippen LogP contribution is -2.42. The molecular weight excluding hydrogens is 470 g/mol. The fraction of sp³-hybridized carbons (Fsp3) is 0.414. The summed E-state index contributed by atoms with van der Waals surface area (Å²) in [6.07, 6.45) is 6.03. The SMILES string of the molecule is C/C=C(\Oc1ccccc1)c1nc2c3c(ccc2n1[C@@H]1CCC[C@@H](C(=O)O)C1)N(C(=O)OC)C(C)CC3. The molecule has 37 heavy (non-hydrogen) atoms. The molecule has 0 bridgehead atoms. The van der Waals surface area contributed by atoms with E-state index in [1.165, 1.54) is 7.11 Å². The number of methoxy groups -OCH3 is 1. The molecule has 1 saturated carbocycles. The quantitative estimate of drug-likeness (QED) is 0.417. The summed E-state index contributed by atoms with van der Waals surface area (Å²) >= 11 is 0. The summed E-state index contributed by atoms with van der Waals surface area (Å²) in [5, 5.41) is 9.76. The normalized spacial score (nSPS) is 22.0. The van der Waals surface area contributed by atoms with Crippen molar-refractivity contribution in [1.29, 1.82) is 0 Å². The van der Waals surface area contributed by atoms with Crippen LogP contribution >= 0.6 is 0 Å². The van der Waals surface area contributed by atoms with Gasteiger partial charge in [-0.3, -0.25) is 9.69 Å². The molecule has 8 heteroatoms. The number of amides is 1. The van der Waals surface area contributed by atoms with Gasteiger partial charge >= 0.3 is 12.1 Å². The van der Waals surface area contributed by atoms with Gasteiger partial charge in [-0.25, -0.2) is 9.78 Å².